The zero-order chi connectivity index (χ0) is 17.9. The Labute approximate surface area is 154 Å². The number of carbonyl (C=O) groups is 1. The summed E-state index contributed by atoms with van der Waals surface area (Å²) in [6.45, 7) is 4.88. The Balaban J connectivity index is 1.68. The van der Waals surface area contributed by atoms with Crippen LogP contribution in [0.4, 0.5) is 0 Å². The van der Waals surface area contributed by atoms with Crippen LogP contribution in [0.25, 0.3) is 0 Å². The highest BCUT2D eigenvalue weighted by Crippen LogP contribution is 2.27. The fourth-order valence-corrected chi connectivity index (χ4v) is 4.09. The van der Waals surface area contributed by atoms with Crippen molar-refractivity contribution in [3.05, 3.63) is 47.4 Å². The molecule has 1 unspecified atom stereocenters. The smallest absolute Gasteiger partial charge is 0.252 e. The molecule has 136 valence electrons. The minimum absolute atomic E-state index is 0.132. The van der Waals surface area contributed by atoms with Gasteiger partial charge in [0.2, 0.25) is 0 Å². The Kier molecular flexibility index (Phi) is 4.81. The first kappa shape index (κ1) is 16.9. The van der Waals surface area contributed by atoms with Crippen LogP contribution >= 0.6 is 0 Å². The highest BCUT2D eigenvalue weighted by molar-refractivity contribution is 5.85. The number of nitriles is 1. The standard InChI is InChI=1S/C20H25N5O/c21-12-16-6-2-3-7-17(16)14-25-19(23-9-4-1-5-10-23)15-24-11-8-22-13-18(24)20(25)26/h2-3,6-7,15,18,22H,1,4-5,8-11,13-14H2. The quantitative estimate of drug-likeness (QED) is 0.893. The van der Waals surface area contributed by atoms with Crippen LogP contribution in [0.3, 0.4) is 0 Å². The lowest BCUT2D eigenvalue weighted by Crippen LogP contribution is -2.61. The van der Waals surface area contributed by atoms with Crippen molar-refractivity contribution in [2.45, 2.75) is 31.8 Å². The summed E-state index contributed by atoms with van der Waals surface area (Å²) < 4.78 is 0. The van der Waals surface area contributed by atoms with Gasteiger partial charge in [-0.2, -0.15) is 5.26 Å². The molecule has 1 N–H and O–H groups in total. The maximum Gasteiger partial charge on any atom is 0.252 e. The third kappa shape index (κ3) is 3.15. The maximum absolute atomic E-state index is 13.3. The van der Waals surface area contributed by atoms with Crippen molar-refractivity contribution in [1.82, 2.24) is 20.0 Å². The molecule has 4 rings (SSSR count). The summed E-state index contributed by atoms with van der Waals surface area (Å²) in [5, 5.41) is 12.8. The highest BCUT2D eigenvalue weighted by Gasteiger charge is 2.38. The molecule has 2 saturated heterocycles. The van der Waals surface area contributed by atoms with Crippen LogP contribution < -0.4 is 5.32 Å². The van der Waals surface area contributed by atoms with Gasteiger partial charge in [0.25, 0.3) is 5.91 Å². The zero-order valence-electron chi connectivity index (χ0n) is 15.0. The van der Waals surface area contributed by atoms with E-state index < -0.39 is 0 Å². The molecule has 26 heavy (non-hydrogen) atoms. The van der Waals surface area contributed by atoms with E-state index in [2.05, 4.69) is 27.4 Å². The molecule has 1 aromatic rings. The Hall–Kier alpha value is -2.52. The largest absolute Gasteiger partial charge is 0.360 e. The van der Waals surface area contributed by atoms with Crippen LogP contribution in [-0.4, -0.2) is 59.4 Å². The third-order valence-corrected chi connectivity index (χ3v) is 5.54. The van der Waals surface area contributed by atoms with Crippen molar-refractivity contribution in [3.63, 3.8) is 0 Å². The summed E-state index contributed by atoms with van der Waals surface area (Å²) in [5.41, 5.74) is 1.55. The Morgan fingerprint density at radius 1 is 1.15 bits per heavy atom. The second-order valence-electron chi connectivity index (χ2n) is 7.19. The SMILES string of the molecule is N#Cc1ccccc1CN1C(=O)C2CNCCN2C=C1N1CCCCC1. The van der Waals surface area contributed by atoms with Gasteiger partial charge in [0, 0.05) is 38.9 Å². The average Bonchev–Trinajstić information content (AvgIpc) is 2.71. The molecular weight excluding hydrogens is 326 g/mol. The van der Waals surface area contributed by atoms with Gasteiger partial charge in [-0.05, 0) is 30.9 Å². The van der Waals surface area contributed by atoms with Gasteiger partial charge in [-0.1, -0.05) is 18.2 Å². The number of amides is 1. The number of nitrogens with one attached hydrogen (secondary N) is 1. The Morgan fingerprint density at radius 3 is 2.77 bits per heavy atom. The van der Waals surface area contributed by atoms with E-state index in [0.717, 1.165) is 37.6 Å². The normalized spacial score (nSPS) is 23.3. The molecule has 1 aromatic carbocycles. The van der Waals surface area contributed by atoms with Crippen LogP contribution in [0.1, 0.15) is 30.4 Å². The van der Waals surface area contributed by atoms with E-state index >= 15 is 0 Å². The molecule has 0 aliphatic carbocycles. The summed E-state index contributed by atoms with van der Waals surface area (Å²) >= 11 is 0. The van der Waals surface area contributed by atoms with Gasteiger partial charge in [-0.25, -0.2) is 0 Å². The molecule has 3 heterocycles. The molecule has 0 saturated carbocycles. The van der Waals surface area contributed by atoms with Crippen molar-refractivity contribution in [1.29, 1.82) is 5.26 Å². The van der Waals surface area contributed by atoms with E-state index in [0.29, 0.717) is 18.7 Å². The first-order valence-electron chi connectivity index (χ1n) is 9.50. The van der Waals surface area contributed by atoms with Gasteiger partial charge in [-0.3, -0.25) is 9.69 Å². The number of piperazine rings is 1. The van der Waals surface area contributed by atoms with E-state index in [-0.39, 0.29) is 11.9 Å². The van der Waals surface area contributed by atoms with Gasteiger partial charge in [0.05, 0.1) is 18.2 Å². The monoisotopic (exact) mass is 351 g/mol. The molecule has 6 nitrogen and oxygen atoms in total. The van der Waals surface area contributed by atoms with Crippen molar-refractivity contribution in [2.75, 3.05) is 32.7 Å². The fraction of sp³-hybridized carbons (Fsp3) is 0.500. The van der Waals surface area contributed by atoms with Gasteiger partial charge in [0.15, 0.2) is 0 Å². The second-order valence-corrected chi connectivity index (χ2v) is 7.19. The highest BCUT2D eigenvalue weighted by atomic mass is 16.2. The van der Waals surface area contributed by atoms with E-state index in [9.17, 15) is 10.1 Å². The lowest BCUT2D eigenvalue weighted by atomic mass is 10.0. The van der Waals surface area contributed by atoms with Crippen LogP contribution in [0.5, 0.6) is 0 Å². The summed E-state index contributed by atoms with van der Waals surface area (Å²) in [6, 6.07) is 9.68. The van der Waals surface area contributed by atoms with Crippen LogP contribution in [0, 0.1) is 11.3 Å². The van der Waals surface area contributed by atoms with Crippen molar-refractivity contribution >= 4 is 5.91 Å². The topological polar surface area (TPSA) is 62.6 Å². The molecule has 1 amide bonds. The predicted octanol–water partition coefficient (Wildman–Crippen LogP) is 1.46. The molecule has 2 fully saturated rings. The third-order valence-electron chi connectivity index (χ3n) is 5.54. The molecule has 0 aromatic heterocycles. The number of benzene rings is 1. The number of fused-ring (bicyclic) bond motifs is 1. The number of hydrogen-bond donors (Lipinski definition) is 1. The number of rotatable bonds is 3. The first-order chi connectivity index (χ1) is 12.8. The van der Waals surface area contributed by atoms with Gasteiger partial charge in [0.1, 0.15) is 11.9 Å². The molecule has 6 heteroatoms. The molecule has 0 spiro atoms. The van der Waals surface area contributed by atoms with E-state index in [4.69, 9.17) is 0 Å². The number of carbonyl (C=O) groups excluding carboxylic acids is 1. The van der Waals surface area contributed by atoms with Gasteiger partial charge in [-0.15, -0.1) is 0 Å². The fourth-order valence-electron chi connectivity index (χ4n) is 4.09. The number of piperidine rings is 1. The van der Waals surface area contributed by atoms with Crippen molar-refractivity contribution in [3.8, 4) is 6.07 Å². The Bertz CT molecular complexity index is 747. The number of likely N-dealkylation sites (tertiary alicyclic amines) is 1. The predicted molar refractivity (Wildman–Crippen MR) is 98.6 cm³/mol. The molecule has 0 radical (unpaired) electrons. The maximum atomic E-state index is 13.3. The number of hydrogen-bond acceptors (Lipinski definition) is 5. The summed E-state index contributed by atoms with van der Waals surface area (Å²) in [5.74, 6) is 1.13. The Morgan fingerprint density at radius 2 is 1.96 bits per heavy atom. The van der Waals surface area contributed by atoms with E-state index in [1.54, 1.807) is 0 Å². The van der Waals surface area contributed by atoms with Crippen LogP contribution in [0.2, 0.25) is 0 Å². The summed E-state index contributed by atoms with van der Waals surface area (Å²) in [7, 11) is 0. The zero-order valence-corrected chi connectivity index (χ0v) is 15.0. The summed E-state index contributed by atoms with van der Waals surface area (Å²) in [4.78, 5) is 19.7. The minimum atomic E-state index is -0.147. The molecular formula is C20H25N5O. The second kappa shape index (κ2) is 7.38. The molecule has 3 aliphatic heterocycles. The lowest BCUT2D eigenvalue weighted by Gasteiger charge is -2.46. The summed E-state index contributed by atoms with van der Waals surface area (Å²) in [6.07, 6.45) is 5.76. The first-order valence-corrected chi connectivity index (χ1v) is 9.50. The van der Waals surface area contributed by atoms with Crippen LogP contribution in [-0.2, 0) is 11.3 Å². The van der Waals surface area contributed by atoms with Crippen molar-refractivity contribution < 1.29 is 4.79 Å². The van der Waals surface area contributed by atoms with Crippen LogP contribution in [0.15, 0.2) is 36.3 Å². The van der Waals surface area contributed by atoms with Gasteiger partial charge >= 0.3 is 0 Å². The van der Waals surface area contributed by atoms with E-state index in [1.165, 1.54) is 19.3 Å². The molecule has 1 atom stereocenters. The lowest BCUT2D eigenvalue weighted by molar-refractivity contribution is -0.138. The van der Waals surface area contributed by atoms with E-state index in [1.807, 2.05) is 29.2 Å². The number of nitrogens with zero attached hydrogens (tertiary/aromatic N) is 4. The van der Waals surface area contributed by atoms with Gasteiger partial charge < -0.3 is 15.1 Å². The van der Waals surface area contributed by atoms with Crippen molar-refractivity contribution in [2.24, 2.45) is 0 Å². The molecule has 3 aliphatic rings. The average molecular weight is 351 g/mol. The molecule has 0 bridgehead atoms. The minimum Gasteiger partial charge on any atom is -0.360 e.